The van der Waals surface area contributed by atoms with Gasteiger partial charge in [0.15, 0.2) is 0 Å². The van der Waals surface area contributed by atoms with Crippen LogP contribution in [-0.4, -0.2) is 24.7 Å². The Morgan fingerprint density at radius 3 is 2.75 bits per heavy atom. The second-order valence-corrected chi connectivity index (χ2v) is 6.30. The zero-order valence-corrected chi connectivity index (χ0v) is 12.7. The average Bonchev–Trinajstić information content (AvgIpc) is 2.98. The predicted octanol–water partition coefficient (Wildman–Crippen LogP) is 3.59. The van der Waals surface area contributed by atoms with Gasteiger partial charge in [0.2, 0.25) is 0 Å². The number of morpholine rings is 1. The summed E-state index contributed by atoms with van der Waals surface area (Å²) in [6, 6.07) is 8.71. The summed E-state index contributed by atoms with van der Waals surface area (Å²) in [4.78, 5) is 4.73. The Bertz CT molecular complexity index is 556. The fourth-order valence-electron chi connectivity index (χ4n) is 2.33. The molecule has 1 fully saturated rings. The topological polar surface area (TPSA) is 34.1 Å². The molecule has 106 valence electrons. The second kappa shape index (κ2) is 6.04. The highest BCUT2D eigenvalue weighted by atomic mass is 32.1. The monoisotopic (exact) mass is 288 g/mol. The van der Waals surface area contributed by atoms with E-state index in [9.17, 15) is 0 Å². The molecule has 0 aliphatic carbocycles. The van der Waals surface area contributed by atoms with E-state index in [1.54, 1.807) is 11.3 Å². The van der Waals surface area contributed by atoms with Gasteiger partial charge in [-0.05, 0) is 11.5 Å². The van der Waals surface area contributed by atoms with Crippen molar-refractivity contribution in [3.63, 3.8) is 0 Å². The number of rotatable bonds is 3. The third-order valence-electron chi connectivity index (χ3n) is 3.60. The van der Waals surface area contributed by atoms with Crippen LogP contribution in [0.15, 0.2) is 29.6 Å². The van der Waals surface area contributed by atoms with E-state index < -0.39 is 0 Å². The molecule has 1 saturated heterocycles. The number of aromatic nitrogens is 1. The second-order valence-electron chi connectivity index (χ2n) is 5.41. The maximum absolute atomic E-state index is 5.75. The highest BCUT2D eigenvalue weighted by molar-refractivity contribution is 7.10. The Morgan fingerprint density at radius 2 is 2.10 bits per heavy atom. The van der Waals surface area contributed by atoms with Crippen LogP contribution in [-0.2, 0) is 4.74 Å². The summed E-state index contributed by atoms with van der Waals surface area (Å²) < 4.78 is 5.75. The van der Waals surface area contributed by atoms with Gasteiger partial charge in [0.05, 0.1) is 12.3 Å². The summed E-state index contributed by atoms with van der Waals surface area (Å²) in [5, 5.41) is 6.54. The van der Waals surface area contributed by atoms with Crippen molar-refractivity contribution in [3.05, 3.63) is 40.2 Å². The fraction of sp³-hybridized carbons (Fsp3) is 0.438. The van der Waals surface area contributed by atoms with Gasteiger partial charge >= 0.3 is 0 Å². The van der Waals surface area contributed by atoms with Crippen LogP contribution in [0.4, 0.5) is 0 Å². The molecular weight excluding hydrogens is 268 g/mol. The third-order valence-corrected chi connectivity index (χ3v) is 4.53. The van der Waals surface area contributed by atoms with E-state index in [1.165, 1.54) is 11.1 Å². The summed E-state index contributed by atoms with van der Waals surface area (Å²) in [5.74, 6) is 0.566. The van der Waals surface area contributed by atoms with Crippen LogP contribution in [0.25, 0.3) is 11.3 Å². The maximum Gasteiger partial charge on any atom is 0.124 e. The van der Waals surface area contributed by atoms with Gasteiger partial charge in [-0.25, -0.2) is 4.98 Å². The van der Waals surface area contributed by atoms with Crippen molar-refractivity contribution < 1.29 is 4.74 Å². The van der Waals surface area contributed by atoms with E-state index in [0.29, 0.717) is 5.92 Å². The van der Waals surface area contributed by atoms with Crippen LogP contribution in [0.5, 0.6) is 0 Å². The zero-order chi connectivity index (χ0) is 13.9. The SMILES string of the molecule is CC(C)c1ccc(-c2csc(C3CNCCO3)n2)cc1. The number of nitrogens with zero attached hydrogens (tertiary/aromatic N) is 1. The van der Waals surface area contributed by atoms with Gasteiger partial charge in [-0.15, -0.1) is 11.3 Å². The quantitative estimate of drug-likeness (QED) is 0.937. The molecule has 2 heterocycles. The van der Waals surface area contributed by atoms with E-state index >= 15 is 0 Å². The van der Waals surface area contributed by atoms with Gasteiger partial charge in [-0.1, -0.05) is 38.1 Å². The number of benzene rings is 1. The summed E-state index contributed by atoms with van der Waals surface area (Å²) in [7, 11) is 0. The summed E-state index contributed by atoms with van der Waals surface area (Å²) >= 11 is 1.69. The molecule has 0 bridgehead atoms. The minimum atomic E-state index is 0.109. The standard InChI is InChI=1S/C16H20N2OS/c1-11(2)12-3-5-13(6-4-12)14-10-20-16(18-14)15-9-17-7-8-19-15/h3-6,10-11,15,17H,7-9H2,1-2H3. The van der Waals surface area contributed by atoms with Crippen LogP contribution in [0, 0.1) is 0 Å². The Morgan fingerprint density at radius 1 is 1.30 bits per heavy atom. The number of hydrogen-bond acceptors (Lipinski definition) is 4. The van der Waals surface area contributed by atoms with E-state index in [-0.39, 0.29) is 6.10 Å². The molecule has 1 aromatic carbocycles. The molecule has 1 unspecified atom stereocenters. The lowest BCUT2D eigenvalue weighted by molar-refractivity contribution is 0.0276. The van der Waals surface area contributed by atoms with Crippen molar-refractivity contribution in [1.29, 1.82) is 0 Å². The molecule has 2 aromatic rings. The highest BCUT2D eigenvalue weighted by Crippen LogP contribution is 2.28. The average molecular weight is 288 g/mol. The molecule has 4 heteroatoms. The van der Waals surface area contributed by atoms with Gasteiger partial charge < -0.3 is 10.1 Å². The zero-order valence-electron chi connectivity index (χ0n) is 11.9. The molecule has 1 aromatic heterocycles. The Hall–Kier alpha value is -1.23. The lowest BCUT2D eigenvalue weighted by Gasteiger charge is -2.21. The molecule has 1 aliphatic rings. The summed E-state index contributed by atoms with van der Waals surface area (Å²) in [6.45, 7) is 6.99. The van der Waals surface area contributed by atoms with E-state index in [4.69, 9.17) is 9.72 Å². The Labute approximate surface area is 124 Å². The Balaban J connectivity index is 1.78. The highest BCUT2D eigenvalue weighted by Gasteiger charge is 2.19. The van der Waals surface area contributed by atoms with Gasteiger partial charge in [-0.3, -0.25) is 0 Å². The molecule has 3 rings (SSSR count). The Kier molecular flexibility index (Phi) is 4.15. The van der Waals surface area contributed by atoms with Gasteiger partial charge in [-0.2, -0.15) is 0 Å². The van der Waals surface area contributed by atoms with Crippen molar-refractivity contribution in [3.8, 4) is 11.3 Å². The number of thiazole rings is 1. The van der Waals surface area contributed by atoms with Crippen molar-refractivity contribution in [2.24, 2.45) is 0 Å². The molecule has 1 atom stereocenters. The van der Waals surface area contributed by atoms with E-state index in [1.807, 2.05) is 0 Å². The number of nitrogens with one attached hydrogen (secondary N) is 1. The smallest absolute Gasteiger partial charge is 0.124 e. The van der Waals surface area contributed by atoms with Crippen molar-refractivity contribution >= 4 is 11.3 Å². The first-order valence-corrected chi connectivity index (χ1v) is 8.00. The van der Waals surface area contributed by atoms with Crippen molar-refractivity contribution in [2.45, 2.75) is 25.9 Å². The largest absolute Gasteiger partial charge is 0.368 e. The van der Waals surface area contributed by atoms with Crippen LogP contribution >= 0.6 is 11.3 Å². The molecule has 0 saturated carbocycles. The maximum atomic E-state index is 5.75. The first-order chi connectivity index (χ1) is 9.74. The normalized spacial score (nSPS) is 19.4. The van der Waals surface area contributed by atoms with Gasteiger partial charge in [0.25, 0.3) is 0 Å². The van der Waals surface area contributed by atoms with Crippen molar-refractivity contribution in [2.75, 3.05) is 19.7 Å². The third kappa shape index (κ3) is 2.92. The summed E-state index contributed by atoms with van der Waals surface area (Å²) in [5.41, 5.74) is 3.60. The molecule has 0 radical (unpaired) electrons. The molecule has 3 nitrogen and oxygen atoms in total. The van der Waals surface area contributed by atoms with E-state index in [0.717, 1.165) is 30.4 Å². The molecule has 20 heavy (non-hydrogen) atoms. The van der Waals surface area contributed by atoms with Crippen LogP contribution in [0.3, 0.4) is 0 Å². The lowest BCUT2D eigenvalue weighted by Crippen LogP contribution is -2.33. The molecule has 1 N–H and O–H groups in total. The number of hydrogen-bond donors (Lipinski definition) is 1. The first-order valence-electron chi connectivity index (χ1n) is 7.12. The fourth-order valence-corrected chi connectivity index (χ4v) is 3.21. The van der Waals surface area contributed by atoms with E-state index in [2.05, 4.69) is 48.8 Å². The van der Waals surface area contributed by atoms with Crippen molar-refractivity contribution in [1.82, 2.24) is 10.3 Å². The first kappa shape index (κ1) is 13.7. The number of ether oxygens (including phenoxy) is 1. The van der Waals surface area contributed by atoms with Crippen LogP contribution in [0.1, 0.15) is 36.4 Å². The molecule has 0 spiro atoms. The minimum Gasteiger partial charge on any atom is -0.368 e. The predicted molar refractivity (Wildman–Crippen MR) is 83.2 cm³/mol. The minimum absolute atomic E-state index is 0.109. The lowest BCUT2D eigenvalue weighted by atomic mass is 10.0. The van der Waals surface area contributed by atoms with Gasteiger partial charge in [0, 0.05) is 24.0 Å². The molecule has 0 amide bonds. The summed E-state index contributed by atoms with van der Waals surface area (Å²) in [6.07, 6.45) is 0.109. The molecular formula is C16H20N2OS. The van der Waals surface area contributed by atoms with Gasteiger partial charge in [0.1, 0.15) is 11.1 Å². The van der Waals surface area contributed by atoms with Crippen LogP contribution in [0.2, 0.25) is 0 Å². The molecule has 1 aliphatic heterocycles. The van der Waals surface area contributed by atoms with Crippen LogP contribution < -0.4 is 5.32 Å².